The first-order chi connectivity index (χ1) is 11.4. The third-order valence-electron chi connectivity index (χ3n) is 4.24. The van der Waals surface area contributed by atoms with E-state index in [0.717, 1.165) is 21.7 Å². The molecule has 5 nitrogen and oxygen atoms in total. The number of hydrogen-bond donors (Lipinski definition) is 0. The van der Waals surface area contributed by atoms with Crippen LogP contribution in [0.2, 0.25) is 0 Å². The summed E-state index contributed by atoms with van der Waals surface area (Å²) in [6.45, 7) is 2.41. The molecule has 25 heavy (non-hydrogen) atoms. The number of thioether (sulfide) groups is 1. The molecule has 1 atom stereocenters. The fraction of sp³-hybridized carbons (Fsp3) is 0.333. The SMILES string of the molecule is Cc1c(-c2ccccc2)c2n(c(=O)c1CN(C)C)[C@H](C(=O)[O-])CS2.[Li+]. The molecule has 0 saturated carbocycles. The predicted molar refractivity (Wildman–Crippen MR) is 93.0 cm³/mol. The number of fused-ring (bicyclic) bond motifs is 1. The van der Waals surface area contributed by atoms with Crippen molar-refractivity contribution in [3.8, 4) is 11.1 Å². The number of nitrogens with zero attached hydrogens (tertiary/aromatic N) is 2. The summed E-state index contributed by atoms with van der Waals surface area (Å²) in [6, 6.07) is 8.88. The summed E-state index contributed by atoms with van der Waals surface area (Å²) in [6.07, 6.45) is 0. The van der Waals surface area contributed by atoms with Crippen molar-refractivity contribution in [3.63, 3.8) is 0 Å². The fourth-order valence-corrected chi connectivity index (χ4v) is 4.47. The summed E-state index contributed by atoms with van der Waals surface area (Å²) in [5.41, 5.74) is 3.26. The van der Waals surface area contributed by atoms with Gasteiger partial charge in [0.25, 0.3) is 5.56 Å². The van der Waals surface area contributed by atoms with E-state index in [9.17, 15) is 14.7 Å². The van der Waals surface area contributed by atoms with Gasteiger partial charge < -0.3 is 14.8 Å². The number of carboxylic acid groups (broad SMARTS) is 1. The van der Waals surface area contributed by atoms with Crippen LogP contribution in [0.3, 0.4) is 0 Å². The van der Waals surface area contributed by atoms with Gasteiger partial charge in [0.15, 0.2) is 0 Å². The average Bonchev–Trinajstić information content (AvgIpc) is 2.97. The average molecular weight is 350 g/mol. The number of carboxylic acids is 1. The molecule has 0 fully saturated rings. The second-order valence-electron chi connectivity index (χ2n) is 6.21. The minimum absolute atomic E-state index is 0. The number of hydrogen-bond acceptors (Lipinski definition) is 5. The van der Waals surface area contributed by atoms with Crippen molar-refractivity contribution in [1.82, 2.24) is 9.47 Å². The van der Waals surface area contributed by atoms with Crippen LogP contribution in [0.4, 0.5) is 0 Å². The molecule has 0 unspecified atom stereocenters. The molecule has 0 bridgehead atoms. The molecular formula is C18H19LiN2O3S. The van der Waals surface area contributed by atoms with Crippen molar-refractivity contribution in [2.24, 2.45) is 0 Å². The summed E-state index contributed by atoms with van der Waals surface area (Å²) in [4.78, 5) is 26.4. The molecule has 3 rings (SSSR count). The molecule has 126 valence electrons. The maximum absolute atomic E-state index is 12.9. The summed E-state index contributed by atoms with van der Waals surface area (Å²) >= 11 is 1.41. The predicted octanol–water partition coefficient (Wildman–Crippen LogP) is -1.71. The van der Waals surface area contributed by atoms with Crippen molar-refractivity contribution < 1.29 is 28.8 Å². The van der Waals surface area contributed by atoms with Crippen LogP contribution in [-0.2, 0) is 11.3 Å². The number of rotatable bonds is 4. The van der Waals surface area contributed by atoms with Crippen LogP contribution in [0, 0.1) is 6.92 Å². The van der Waals surface area contributed by atoms with Gasteiger partial charge in [-0.3, -0.25) is 9.36 Å². The Morgan fingerprint density at radius 3 is 2.52 bits per heavy atom. The van der Waals surface area contributed by atoms with E-state index < -0.39 is 12.0 Å². The normalized spacial score (nSPS) is 15.8. The standard InChI is InChI=1S/C18H20N2O3S.Li/c1-11-13(9-19(2)3)16(21)20-14(18(22)23)10-24-17(20)15(11)12-7-5-4-6-8-12;/h4-8,14H,9-10H2,1-3H3,(H,22,23);/q;+1/p-1/t14-;/m0./s1. The maximum Gasteiger partial charge on any atom is 1.00 e. The minimum atomic E-state index is -1.21. The van der Waals surface area contributed by atoms with E-state index in [1.165, 1.54) is 16.3 Å². The Balaban J connectivity index is 0.00000225. The Hall–Kier alpha value is -1.45. The van der Waals surface area contributed by atoms with Gasteiger partial charge >= 0.3 is 18.9 Å². The van der Waals surface area contributed by atoms with E-state index >= 15 is 0 Å². The molecule has 0 N–H and O–H groups in total. The van der Waals surface area contributed by atoms with Crippen LogP contribution >= 0.6 is 11.8 Å². The van der Waals surface area contributed by atoms with Crippen LogP contribution in [0.1, 0.15) is 17.2 Å². The van der Waals surface area contributed by atoms with Crippen molar-refractivity contribution in [2.75, 3.05) is 19.8 Å². The quantitative estimate of drug-likeness (QED) is 0.614. The number of aromatic nitrogens is 1. The Kier molecular flexibility index (Phi) is 6.23. The summed E-state index contributed by atoms with van der Waals surface area (Å²) in [7, 11) is 3.79. The Morgan fingerprint density at radius 2 is 1.96 bits per heavy atom. The Labute approximate surface area is 163 Å². The van der Waals surface area contributed by atoms with Crippen LogP contribution in [0.25, 0.3) is 11.1 Å². The van der Waals surface area contributed by atoms with Gasteiger partial charge in [-0.2, -0.15) is 0 Å². The first kappa shape index (κ1) is 19.9. The first-order valence-corrected chi connectivity index (χ1v) is 8.72. The number of carbonyl (C=O) groups excluding carboxylic acids is 1. The van der Waals surface area contributed by atoms with E-state index in [2.05, 4.69) is 0 Å². The molecule has 0 radical (unpaired) electrons. The molecule has 7 heteroatoms. The third-order valence-corrected chi connectivity index (χ3v) is 5.39. The number of carbonyl (C=O) groups is 1. The zero-order chi connectivity index (χ0) is 17.4. The zero-order valence-electron chi connectivity index (χ0n) is 14.9. The molecule has 0 spiro atoms. The van der Waals surface area contributed by atoms with E-state index in [0.29, 0.717) is 17.9 Å². The summed E-state index contributed by atoms with van der Waals surface area (Å²) < 4.78 is 1.41. The second kappa shape index (κ2) is 7.84. The van der Waals surface area contributed by atoms with E-state index in [1.807, 2.05) is 56.3 Å². The van der Waals surface area contributed by atoms with E-state index in [-0.39, 0.29) is 24.4 Å². The van der Waals surface area contributed by atoms with Gasteiger partial charge in [0.05, 0.1) is 17.0 Å². The van der Waals surface area contributed by atoms with E-state index in [4.69, 9.17) is 0 Å². The van der Waals surface area contributed by atoms with Crippen LogP contribution in [0.15, 0.2) is 40.2 Å². The van der Waals surface area contributed by atoms with Gasteiger partial charge in [-0.15, -0.1) is 11.8 Å². The third kappa shape index (κ3) is 3.58. The molecule has 1 aromatic heterocycles. The van der Waals surface area contributed by atoms with Gasteiger partial charge in [0.2, 0.25) is 0 Å². The molecular weight excluding hydrogens is 331 g/mol. The van der Waals surface area contributed by atoms with Crippen molar-refractivity contribution in [1.29, 1.82) is 0 Å². The smallest absolute Gasteiger partial charge is 0.548 e. The minimum Gasteiger partial charge on any atom is -0.548 e. The molecule has 1 aliphatic rings. The summed E-state index contributed by atoms with van der Waals surface area (Å²) in [5, 5.41) is 12.2. The Morgan fingerprint density at radius 1 is 1.32 bits per heavy atom. The van der Waals surface area contributed by atoms with Crippen LogP contribution in [-0.4, -0.2) is 35.3 Å². The van der Waals surface area contributed by atoms with Gasteiger partial charge in [0.1, 0.15) is 0 Å². The van der Waals surface area contributed by atoms with Crippen LogP contribution in [0.5, 0.6) is 0 Å². The van der Waals surface area contributed by atoms with Crippen LogP contribution < -0.4 is 29.5 Å². The molecule has 0 aliphatic carbocycles. The van der Waals surface area contributed by atoms with Crippen molar-refractivity contribution in [2.45, 2.75) is 24.5 Å². The first-order valence-electron chi connectivity index (χ1n) is 7.73. The van der Waals surface area contributed by atoms with Gasteiger partial charge in [-0.1, -0.05) is 30.3 Å². The number of benzene rings is 1. The number of aliphatic carboxylic acids is 1. The summed E-state index contributed by atoms with van der Waals surface area (Å²) in [5.74, 6) is -0.885. The molecule has 1 aromatic carbocycles. The van der Waals surface area contributed by atoms with Gasteiger partial charge in [0, 0.05) is 23.4 Å². The molecule has 0 amide bonds. The number of pyridine rings is 1. The molecule has 1 aliphatic heterocycles. The van der Waals surface area contributed by atoms with Gasteiger partial charge in [-0.25, -0.2) is 0 Å². The maximum atomic E-state index is 12.9. The second-order valence-corrected chi connectivity index (χ2v) is 7.22. The van der Waals surface area contributed by atoms with Gasteiger partial charge in [-0.05, 0) is 32.1 Å². The topological polar surface area (TPSA) is 65.4 Å². The zero-order valence-corrected chi connectivity index (χ0v) is 15.7. The van der Waals surface area contributed by atoms with Crippen molar-refractivity contribution in [3.05, 3.63) is 51.8 Å². The fourth-order valence-electron chi connectivity index (χ4n) is 3.11. The monoisotopic (exact) mass is 350 g/mol. The molecule has 0 saturated heterocycles. The molecule has 2 heterocycles. The van der Waals surface area contributed by atoms with Crippen molar-refractivity contribution >= 4 is 17.7 Å². The largest absolute Gasteiger partial charge is 1.00 e. The Bertz CT molecular complexity index is 850. The van der Waals surface area contributed by atoms with E-state index in [1.54, 1.807) is 0 Å². The molecule has 2 aromatic rings.